The molecule has 2 aromatic carbocycles. The first-order valence-electron chi connectivity index (χ1n) is 5.43. The summed E-state index contributed by atoms with van der Waals surface area (Å²) in [5.74, 6) is -0.992. The predicted molar refractivity (Wildman–Crippen MR) is 72.6 cm³/mol. The van der Waals surface area contributed by atoms with Crippen LogP contribution in [0.1, 0.15) is 11.1 Å². The van der Waals surface area contributed by atoms with E-state index in [1.54, 1.807) is 6.07 Å². The van der Waals surface area contributed by atoms with E-state index in [0.717, 1.165) is 5.56 Å². The summed E-state index contributed by atoms with van der Waals surface area (Å²) in [5.41, 5.74) is 2.15. The Bertz CT molecular complexity index is 588. The number of carboxylic acid groups (broad SMARTS) is 1. The molecule has 0 unspecified atom stereocenters. The van der Waals surface area contributed by atoms with Crippen LogP contribution < -0.4 is 0 Å². The van der Waals surface area contributed by atoms with E-state index in [1.165, 1.54) is 6.08 Å². The van der Waals surface area contributed by atoms with Crippen molar-refractivity contribution >= 4 is 23.1 Å². The fraction of sp³-hybridized carbons (Fsp3) is 0. The number of aliphatic carboxylic acids is 1. The average molecular weight is 259 g/mol. The molecule has 0 aromatic heterocycles. The lowest BCUT2D eigenvalue weighted by Gasteiger charge is -2.09. The Hall–Kier alpha value is -2.06. The Morgan fingerprint density at radius 1 is 1.00 bits per heavy atom. The van der Waals surface area contributed by atoms with Crippen molar-refractivity contribution in [3.05, 3.63) is 76.8 Å². The zero-order chi connectivity index (χ0) is 13.0. The lowest BCUT2D eigenvalue weighted by atomic mass is 9.97. The maximum atomic E-state index is 10.9. The van der Waals surface area contributed by atoms with Gasteiger partial charge >= 0.3 is 5.97 Å². The summed E-state index contributed by atoms with van der Waals surface area (Å²) in [6.07, 6.45) is 1.18. The summed E-state index contributed by atoms with van der Waals surface area (Å²) < 4.78 is 0. The lowest BCUT2D eigenvalue weighted by molar-refractivity contribution is -0.131. The molecule has 0 radical (unpaired) electrons. The molecular formula is C15H11ClO2. The van der Waals surface area contributed by atoms with Crippen LogP contribution >= 0.6 is 11.6 Å². The van der Waals surface area contributed by atoms with E-state index in [0.29, 0.717) is 16.2 Å². The molecule has 90 valence electrons. The standard InChI is InChI=1S/C15H11ClO2/c16-14-9-5-4-8-12(14)13(10-15(17)18)11-6-2-1-3-7-11/h1-10H,(H,17,18). The van der Waals surface area contributed by atoms with Crippen LogP contribution in [0.3, 0.4) is 0 Å². The molecule has 0 saturated heterocycles. The van der Waals surface area contributed by atoms with Crippen LogP contribution in [0.25, 0.3) is 5.57 Å². The third-order valence-electron chi connectivity index (χ3n) is 2.52. The van der Waals surface area contributed by atoms with Crippen molar-refractivity contribution < 1.29 is 9.90 Å². The monoisotopic (exact) mass is 258 g/mol. The minimum atomic E-state index is -0.992. The van der Waals surface area contributed by atoms with Gasteiger partial charge in [0.2, 0.25) is 0 Å². The molecule has 2 nitrogen and oxygen atoms in total. The van der Waals surface area contributed by atoms with E-state index in [2.05, 4.69) is 0 Å². The Labute approximate surface area is 110 Å². The zero-order valence-electron chi connectivity index (χ0n) is 9.51. The Kier molecular flexibility index (Phi) is 3.80. The summed E-state index contributed by atoms with van der Waals surface area (Å²) in [6.45, 7) is 0. The molecule has 0 bridgehead atoms. The third-order valence-corrected chi connectivity index (χ3v) is 2.85. The smallest absolute Gasteiger partial charge is 0.328 e. The third kappa shape index (κ3) is 2.79. The highest BCUT2D eigenvalue weighted by Gasteiger charge is 2.09. The molecule has 18 heavy (non-hydrogen) atoms. The minimum absolute atomic E-state index is 0.536. The first-order valence-corrected chi connectivity index (χ1v) is 5.81. The van der Waals surface area contributed by atoms with E-state index in [-0.39, 0.29) is 0 Å². The van der Waals surface area contributed by atoms with E-state index >= 15 is 0 Å². The molecule has 0 saturated carbocycles. The van der Waals surface area contributed by atoms with Crippen molar-refractivity contribution in [1.82, 2.24) is 0 Å². The molecule has 0 aliphatic carbocycles. The molecule has 0 amide bonds. The van der Waals surface area contributed by atoms with Crippen molar-refractivity contribution in [2.24, 2.45) is 0 Å². The van der Waals surface area contributed by atoms with Crippen molar-refractivity contribution in [2.75, 3.05) is 0 Å². The van der Waals surface area contributed by atoms with Gasteiger partial charge in [-0.15, -0.1) is 0 Å². The topological polar surface area (TPSA) is 37.3 Å². The minimum Gasteiger partial charge on any atom is -0.478 e. The van der Waals surface area contributed by atoms with Gasteiger partial charge in [0.05, 0.1) is 0 Å². The van der Waals surface area contributed by atoms with Gasteiger partial charge in [0.1, 0.15) is 0 Å². The normalized spacial score (nSPS) is 11.3. The number of carbonyl (C=O) groups is 1. The molecule has 1 N–H and O–H groups in total. The number of hydrogen-bond acceptors (Lipinski definition) is 1. The zero-order valence-corrected chi connectivity index (χ0v) is 10.3. The Balaban J connectivity index is 2.59. The second-order valence-corrected chi connectivity index (χ2v) is 4.15. The SMILES string of the molecule is O=C(O)C=C(c1ccccc1)c1ccccc1Cl. The fourth-order valence-corrected chi connectivity index (χ4v) is 1.97. The van der Waals surface area contributed by atoms with E-state index in [1.807, 2.05) is 48.5 Å². The molecule has 0 heterocycles. The Morgan fingerprint density at radius 3 is 2.22 bits per heavy atom. The van der Waals surface area contributed by atoms with Crippen molar-refractivity contribution in [3.63, 3.8) is 0 Å². The highest BCUT2D eigenvalue weighted by Crippen LogP contribution is 2.28. The summed E-state index contributed by atoms with van der Waals surface area (Å²) in [7, 11) is 0. The number of hydrogen-bond donors (Lipinski definition) is 1. The number of benzene rings is 2. The molecule has 2 aromatic rings. The summed E-state index contributed by atoms with van der Waals surface area (Å²) in [4.78, 5) is 10.9. The van der Waals surface area contributed by atoms with Crippen molar-refractivity contribution in [1.29, 1.82) is 0 Å². The summed E-state index contributed by atoms with van der Waals surface area (Å²) >= 11 is 6.12. The number of halogens is 1. The van der Waals surface area contributed by atoms with Gasteiger partial charge in [-0.25, -0.2) is 4.79 Å². The highest BCUT2D eigenvalue weighted by molar-refractivity contribution is 6.32. The second kappa shape index (κ2) is 5.52. The van der Waals surface area contributed by atoms with Crippen LogP contribution in [0.5, 0.6) is 0 Å². The number of carboxylic acids is 1. The maximum absolute atomic E-state index is 10.9. The highest BCUT2D eigenvalue weighted by atomic mass is 35.5. The van der Waals surface area contributed by atoms with Crippen molar-refractivity contribution in [2.45, 2.75) is 0 Å². The van der Waals surface area contributed by atoms with Gasteiger partial charge in [-0.1, -0.05) is 60.1 Å². The molecule has 0 fully saturated rings. The van der Waals surface area contributed by atoms with Crippen LogP contribution in [0.4, 0.5) is 0 Å². The van der Waals surface area contributed by atoms with E-state index in [9.17, 15) is 4.79 Å². The molecule has 0 spiro atoms. The van der Waals surface area contributed by atoms with Crippen LogP contribution in [0, 0.1) is 0 Å². The number of rotatable bonds is 3. The molecule has 0 aliphatic rings. The van der Waals surface area contributed by atoms with Crippen LogP contribution in [-0.4, -0.2) is 11.1 Å². The van der Waals surface area contributed by atoms with Crippen LogP contribution in [-0.2, 0) is 4.79 Å². The van der Waals surface area contributed by atoms with Gasteiger partial charge in [-0.2, -0.15) is 0 Å². The quantitative estimate of drug-likeness (QED) is 0.849. The Morgan fingerprint density at radius 2 is 1.61 bits per heavy atom. The van der Waals surface area contributed by atoms with E-state index in [4.69, 9.17) is 16.7 Å². The lowest BCUT2D eigenvalue weighted by Crippen LogP contribution is -1.95. The first kappa shape index (κ1) is 12.4. The van der Waals surface area contributed by atoms with E-state index < -0.39 is 5.97 Å². The molecule has 0 atom stereocenters. The maximum Gasteiger partial charge on any atom is 0.328 e. The predicted octanol–water partition coefficient (Wildman–Crippen LogP) is 3.86. The second-order valence-electron chi connectivity index (χ2n) is 3.74. The van der Waals surface area contributed by atoms with Gasteiger partial charge < -0.3 is 5.11 Å². The molecule has 2 rings (SSSR count). The summed E-state index contributed by atoms with van der Waals surface area (Å²) in [5, 5.41) is 9.51. The average Bonchev–Trinajstić information content (AvgIpc) is 2.38. The fourth-order valence-electron chi connectivity index (χ4n) is 1.74. The first-order chi connectivity index (χ1) is 8.68. The van der Waals surface area contributed by atoms with Gasteiger partial charge in [-0.05, 0) is 17.2 Å². The van der Waals surface area contributed by atoms with Crippen molar-refractivity contribution in [3.8, 4) is 0 Å². The van der Waals surface area contributed by atoms with Gasteiger partial charge in [-0.3, -0.25) is 0 Å². The van der Waals surface area contributed by atoms with Gasteiger partial charge in [0.25, 0.3) is 0 Å². The van der Waals surface area contributed by atoms with Gasteiger partial charge in [0.15, 0.2) is 0 Å². The van der Waals surface area contributed by atoms with Gasteiger partial charge in [0, 0.05) is 16.7 Å². The molecular weight excluding hydrogens is 248 g/mol. The van der Waals surface area contributed by atoms with Crippen LogP contribution in [0.2, 0.25) is 5.02 Å². The summed E-state index contributed by atoms with van der Waals surface area (Å²) in [6, 6.07) is 16.5. The van der Waals surface area contributed by atoms with Crippen LogP contribution in [0.15, 0.2) is 60.7 Å². The molecule has 0 aliphatic heterocycles. The molecule has 3 heteroatoms. The largest absolute Gasteiger partial charge is 0.478 e.